The van der Waals surface area contributed by atoms with E-state index in [1.807, 2.05) is 18.2 Å². The van der Waals surface area contributed by atoms with Gasteiger partial charge in [0.15, 0.2) is 11.5 Å². The van der Waals surface area contributed by atoms with Gasteiger partial charge in [0.1, 0.15) is 0 Å². The van der Waals surface area contributed by atoms with Gasteiger partial charge in [-0.05, 0) is 78.4 Å². The molecule has 1 aliphatic carbocycles. The van der Waals surface area contributed by atoms with Crippen molar-refractivity contribution >= 4 is 33.0 Å². The number of hydrogen-bond donors (Lipinski definition) is 2. The molecule has 3 atom stereocenters. The van der Waals surface area contributed by atoms with Crippen molar-refractivity contribution in [3.05, 3.63) is 82.4 Å². The molecule has 3 aromatic rings. The molecule has 9 heteroatoms. The number of nitrogens with one attached hydrogen (secondary N) is 2. The lowest BCUT2D eigenvalue weighted by Crippen LogP contribution is -2.29. The van der Waals surface area contributed by atoms with E-state index in [0.717, 1.165) is 23.2 Å². The smallest absolute Gasteiger partial charge is 0.261 e. The Morgan fingerprint density at radius 1 is 1.00 bits per heavy atom. The van der Waals surface area contributed by atoms with E-state index in [1.165, 1.54) is 0 Å². The zero-order chi connectivity index (χ0) is 26.3. The molecule has 3 aromatic carbocycles. The van der Waals surface area contributed by atoms with Crippen LogP contribution in [0.5, 0.6) is 17.2 Å². The van der Waals surface area contributed by atoms with Crippen LogP contribution in [0.1, 0.15) is 35.1 Å². The van der Waals surface area contributed by atoms with Gasteiger partial charge in [-0.1, -0.05) is 29.8 Å². The van der Waals surface area contributed by atoms with Gasteiger partial charge < -0.3 is 19.5 Å². The Morgan fingerprint density at radius 2 is 1.73 bits per heavy atom. The van der Waals surface area contributed by atoms with Crippen molar-refractivity contribution in [2.75, 3.05) is 31.4 Å². The second-order valence-corrected chi connectivity index (χ2v) is 11.3. The highest BCUT2D eigenvalue weighted by molar-refractivity contribution is 7.92. The van der Waals surface area contributed by atoms with Gasteiger partial charge in [0.25, 0.3) is 10.0 Å². The molecule has 0 radical (unpaired) electrons. The van der Waals surface area contributed by atoms with E-state index in [0.29, 0.717) is 33.5 Å². The van der Waals surface area contributed by atoms with Crippen LogP contribution in [-0.2, 0) is 10.0 Å². The van der Waals surface area contributed by atoms with Crippen molar-refractivity contribution in [2.45, 2.75) is 30.2 Å². The monoisotopic (exact) mass is 540 g/mol. The summed E-state index contributed by atoms with van der Waals surface area (Å²) in [5, 5.41) is 4.15. The lowest BCUT2D eigenvalue weighted by atomic mass is 9.77. The predicted molar refractivity (Wildman–Crippen MR) is 146 cm³/mol. The summed E-state index contributed by atoms with van der Waals surface area (Å²) in [7, 11) is 0.975. The number of benzene rings is 3. The highest BCUT2D eigenvalue weighted by Crippen LogP contribution is 2.52. The lowest BCUT2D eigenvalue weighted by Gasteiger charge is -2.38. The quantitative estimate of drug-likeness (QED) is 0.342. The Hall–Kier alpha value is -3.36. The second-order valence-electron chi connectivity index (χ2n) is 9.20. The van der Waals surface area contributed by atoms with Gasteiger partial charge in [0.2, 0.25) is 5.75 Å². The first-order valence-electron chi connectivity index (χ1n) is 11.9. The molecule has 0 saturated heterocycles. The molecule has 0 spiro atoms. The minimum Gasteiger partial charge on any atom is -0.493 e. The summed E-state index contributed by atoms with van der Waals surface area (Å²) in [5.41, 5.74) is 4.00. The van der Waals surface area contributed by atoms with Gasteiger partial charge in [0.05, 0.1) is 38.0 Å². The SMILES string of the molecule is COc1cc([C@H]2Nc3ccc(S(=O)(=O)Nc4cccc(Cl)c4C)cc3[C@H]3C=CC[C@H]32)cc(OC)c1OC. The summed E-state index contributed by atoms with van der Waals surface area (Å²) in [6.45, 7) is 1.79. The van der Waals surface area contributed by atoms with E-state index in [9.17, 15) is 8.42 Å². The van der Waals surface area contributed by atoms with Crippen LogP contribution in [0.4, 0.5) is 11.4 Å². The van der Waals surface area contributed by atoms with Crippen LogP contribution in [0.3, 0.4) is 0 Å². The van der Waals surface area contributed by atoms with Crippen molar-refractivity contribution < 1.29 is 22.6 Å². The zero-order valence-electron chi connectivity index (χ0n) is 21.0. The Labute approximate surface area is 222 Å². The maximum atomic E-state index is 13.3. The normalized spacial score (nSPS) is 20.0. The van der Waals surface area contributed by atoms with Crippen LogP contribution >= 0.6 is 11.6 Å². The molecular formula is C28H29ClN2O5S. The third kappa shape index (κ3) is 4.49. The van der Waals surface area contributed by atoms with Gasteiger partial charge in [-0.25, -0.2) is 8.42 Å². The van der Waals surface area contributed by atoms with E-state index >= 15 is 0 Å². The molecule has 37 heavy (non-hydrogen) atoms. The highest BCUT2D eigenvalue weighted by Gasteiger charge is 2.39. The molecule has 0 fully saturated rings. The van der Waals surface area contributed by atoms with Crippen molar-refractivity contribution in [1.82, 2.24) is 0 Å². The number of sulfonamides is 1. The molecule has 7 nitrogen and oxygen atoms in total. The number of rotatable bonds is 7. The number of anilines is 2. The molecule has 5 rings (SSSR count). The first-order valence-corrected chi connectivity index (χ1v) is 13.8. The zero-order valence-corrected chi connectivity index (χ0v) is 22.6. The molecular weight excluding hydrogens is 512 g/mol. The molecule has 1 aliphatic heterocycles. The minimum atomic E-state index is -3.81. The maximum absolute atomic E-state index is 13.3. The molecule has 0 amide bonds. The van der Waals surface area contributed by atoms with Gasteiger partial charge in [-0.15, -0.1) is 0 Å². The van der Waals surface area contributed by atoms with Crippen LogP contribution in [0.25, 0.3) is 0 Å². The fourth-order valence-corrected chi connectivity index (χ4v) is 6.60. The van der Waals surface area contributed by atoms with Crippen molar-refractivity contribution in [3.63, 3.8) is 0 Å². The molecule has 2 aliphatic rings. The number of fused-ring (bicyclic) bond motifs is 3. The van der Waals surface area contributed by atoms with Crippen LogP contribution in [-0.4, -0.2) is 29.7 Å². The summed E-state index contributed by atoms with van der Waals surface area (Å²) < 4.78 is 45.9. The summed E-state index contributed by atoms with van der Waals surface area (Å²) in [4.78, 5) is 0.206. The Balaban J connectivity index is 1.51. The number of methoxy groups -OCH3 is 3. The largest absolute Gasteiger partial charge is 0.493 e. The van der Waals surface area contributed by atoms with Gasteiger partial charge in [-0.2, -0.15) is 0 Å². The van der Waals surface area contributed by atoms with Gasteiger partial charge >= 0.3 is 0 Å². The molecule has 1 heterocycles. The average molecular weight is 541 g/mol. The topological polar surface area (TPSA) is 85.9 Å². The fourth-order valence-electron chi connectivity index (χ4n) is 5.27. The Kier molecular flexibility index (Phi) is 6.72. The van der Waals surface area contributed by atoms with Crippen LogP contribution in [0.2, 0.25) is 5.02 Å². The second kappa shape index (κ2) is 9.84. The standard InChI is InChI=1S/C28H29ClN2O5S/c1-16-22(29)9-6-10-23(16)31-37(32,33)18-11-12-24-21(15-18)19-7-5-8-20(19)27(30-24)17-13-25(34-2)28(36-4)26(14-17)35-3/h5-7,9-15,19-20,27,30-31H,8H2,1-4H3/t19-,20+,27+/m0/s1. The molecule has 0 bridgehead atoms. The molecule has 0 saturated carbocycles. The van der Waals surface area contributed by atoms with E-state index < -0.39 is 10.0 Å². The summed E-state index contributed by atoms with van der Waals surface area (Å²) in [6.07, 6.45) is 5.18. The van der Waals surface area contributed by atoms with Crippen molar-refractivity contribution in [1.29, 1.82) is 0 Å². The van der Waals surface area contributed by atoms with E-state index in [2.05, 4.69) is 22.2 Å². The van der Waals surface area contributed by atoms with E-state index in [4.69, 9.17) is 25.8 Å². The Morgan fingerprint density at radius 3 is 2.41 bits per heavy atom. The molecule has 2 N–H and O–H groups in total. The number of allylic oxidation sites excluding steroid dienone is 2. The van der Waals surface area contributed by atoms with Gasteiger partial charge in [-0.3, -0.25) is 4.72 Å². The van der Waals surface area contributed by atoms with Crippen LogP contribution in [0.15, 0.2) is 65.6 Å². The number of ether oxygens (including phenoxy) is 3. The number of hydrogen-bond acceptors (Lipinski definition) is 6. The molecule has 194 valence electrons. The fraction of sp³-hybridized carbons (Fsp3) is 0.286. The summed E-state index contributed by atoms with van der Waals surface area (Å²) in [6, 6.07) is 14.3. The summed E-state index contributed by atoms with van der Waals surface area (Å²) in [5.74, 6) is 1.98. The number of halogens is 1. The average Bonchev–Trinajstić information content (AvgIpc) is 3.40. The first kappa shape index (κ1) is 25.3. The van der Waals surface area contributed by atoms with E-state index in [1.54, 1.807) is 58.6 Å². The van der Waals surface area contributed by atoms with E-state index in [-0.39, 0.29) is 22.8 Å². The summed E-state index contributed by atoms with van der Waals surface area (Å²) >= 11 is 6.19. The lowest BCUT2D eigenvalue weighted by molar-refractivity contribution is 0.322. The highest BCUT2D eigenvalue weighted by atomic mass is 35.5. The predicted octanol–water partition coefficient (Wildman–Crippen LogP) is 6.30. The minimum absolute atomic E-state index is 0.0316. The third-order valence-electron chi connectivity index (χ3n) is 7.20. The van der Waals surface area contributed by atoms with Gasteiger partial charge in [0, 0.05) is 16.6 Å². The maximum Gasteiger partial charge on any atom is 0.261 e. The molecule has 0 unspecified atom stereocenters. The van der Waals surface area contributed by atoms with Crippen molar-refractivity contribution in [2.24, 2.45) is 5.92 Å². The first-order chi connectivity index (χ1) is 17.8. The van der Waals surface area contributed by atoms with Crippen LogP contribution < -0.4 is 24.2 Å². The van der Waals surface area contributed by atoms with Crippen LogP contribution in [0, 0.1) is 12.8 Å². The Bertz CT molecular complexity index is 1460. The van der Waals surface area contributed by atoms with Crippen molar-refractivity contribution in [3.8, 4) is 17.2 Å². The molecule has 0 aromatic heterocycles. The third-order valence-corrected chi connectivity index (χ3v) is 8.98.